The van der Waals surface area contributed by atoms with Crippen LogP contribution < -0.4 is 4.90 Å². The van der Waals surface area contributed by atoms with Gasteiger partial charge in [-0.05, 0) is 6.92 Å². The lowest BCUT2D eigenvalue weighted by molar-refractivity contribution is 0.0690. The van der Waals surface area contributed by atoms with Crippen molar-refractivity contribution in [3.8, 4) is 0 Å². The fraction of sp³-hybridized carbons (Fsp3) is 0.500. The molecule has 1 N–H and O–H groups in total. The fourth-order valence-electron chi connectivity index (χ4n) is 1.30. The van der Waals surface area contributed by atoms with E-state index in [1.54, 1.807) is 19.1 Å². The Morgan fingerprint density at radius 1 is 1.56 bits per heavy atom. The first-order chi connectivity index (χ1) is 7.57. The molecule has 0 saturated carbocycles. The summed E-state index contributed by atoms with van der Waals surface area (Å²) >= 11 is 0. The molecule has 0 amide bonds. The third-order valence-corrected chi connectivity index (χ3v) is 2.28. The summed E-state index contributed by atoms with van der Waals surface area (Å²) in [5.41, 5.74) is -0.0482. The van der Waals surface area contributed by atoms with Gasteiger partial charge in [0, 0.05) is 26.6 Å². The quantitative estimate of drug-likeness (QED) is 0.792. The van der Waals surface area contributed by atoms with Gasteiger partial charge in [-0.2, -0.15) is 0 Å². The number of carboxylic acids is 1. The zero-order valence-corrected chi connectivity index (χ0v) is 9.54. The van der Waals surface area contributed by atoms with Crippen molar-refractivity contribution in [3.63, 3.8) is 0 Å². The molecule has 0 aliphatic heterocycles. The van der Waals surface area contributed by atoms with Crippen LogP contribution in [0.2, 0.25) is 0 Å². The van der Waals surface area contributed by atoms with Gasteiger partial charge in [-0.1, -0.05) is 0 Å². The summed E-state index contributed by atoms with van der Waals surface area (Å²) in [5, 5.41) is 8.97. The number of anilines is 1. The molecule has 0 bridgehead atoms. The molecule has 0 aliphatic rings. The van der Waals surface area contributed by atoms with E-state index < -0.39 is 5.97 Å². The molecule has 1 heterocycles. The Balaban J connectivity index is 2.98. The van der Waals surface area contributed by atoms with Gasteiger partial charge in [-0.15, -0.1) is 0 Å². The molecule has 88 valence electrons. The van der Waals surface area contributed by atoms with E-state index in [1.807, 2.05) is 6.92 Å². The van der Waals surface area contributed by atoms with Gasteiger partial charge in [0.2, 0.25) is 0 Å². The molecule has 6 heteroatoms. The molecular formula is C10H15N3O3. The van der Waals surface area contributed by atoms with Gasteiger partial charge in [0.15, 0.2) is 11.5 Å². The second kappa shape index (κ2) is 5.41. The predicted octanol–water partition coefficient (Wildman–Crippen LogP) is 0.646. The van der Waals surface area contributed by atoms with Crippen LogP contribution in [0, 0.1) is 0 Å². The molecule has 0 saturated heterocycles. The van der Waals surface area contributed by atoms with Crippen LogP contribution in [-0.4, -0.2) is 47.8 Å². The molecule has 0 fully saturated rings. The molecular weight excluding hydrogens is 210 g/mol. The zero-order chi connectivity index (χ0) is 12.1. The maximum absolute atomic E-state index is 10.9. The Morgan fingerprint density at radius 2 is 2.19 bits per heavy atom. The summed E-state index contributed by atoms with van der Waals surface area (Å²) in [4.78, 5) is 20.5. The van der Waals surface area contributed by atoms with Gasteiger partial charge in [0.1, 0.15) is 0 Å². The molecule has 0 aromatic carbocycles. The number of rotatable bonds is 5. The molecule has 6 nitrogen and oxygen atoms in total. The Kier molecular flexibility index (Phi) is 4.19. The van der Waals surface area contributed by atoms with Gasteiger partial charge < -0.3 is 14.7 Å². The largest absolute Gasteiger partial charge is 0.476 e. The average Bonchev–Trinajstić information content (AvgIpc) is 2.28. The SMILES string of the molecule is COCC(C)N(C)c1nccnc1C(=O)O. The number of likely N-dealkylation sites (N-methyl/N-ethyl adjacent to an activating group) is 1. The highest BCUT2D eigenvalue weighted by atomic mass is 16.5. The molecule has 1 atom stereocenters. The van der Waals surface area contributed by atoms with Crippen LogP contribution in [0.3, 0.4) is 0 Å². The molecule has 0 spiro atoms. The van der Waals surface area contributed by atoms with Gasteiger partial charge in [0.25, 0.3) is 0 Å². The van der Waals surface area contributed by atoms with E-state index in [9.17, 15) is 4.79 Å². The van der Waals surface area contributed by atoms with Crippen molar-refractivity contribution in [2.24, 2.45) is 0 Å². The average molecular weight is 225 g/mol. The van der Waals surface area contributed by atoms with E-state index in [0.29, 0.717) is 12.4 Å². The smallest absolute Gasteiger partial charge is 0.358 e. The fourth-order valence-corrected chi connectivity index (χ4v) is 1.30. The van der Waals surface area contributed by atoms with Crippen LogP contribution in [0.25, 0.3) is 0 Å². The lowest BCUT2D eigenvalue weighted by Gasteiger charge is -2.25. The number of carbonyl (C=O) groups is 1. The van der Waals surface area contributed by atoms with Crippen LogP contribution >= 0.6 is 0 Å². The van der Waals surface area contributed by atoms with Crippen molar-refractivity contribution >= 4 is 11.8 Å². The van der Waals surface area contributed by atoms with Crippen molar-refractivity contribution in [2.75, 3.05) is 25.7 Å². The molecule has 16 heavy (non-hydrogen) atoms. The highest BCUT2D eigenvalue weighted by Crippen LogP contribution is 2.15. The number of aromatic carboxylic acids is 1. The highest BCUT2D eigenvalue weighted by Gasteiger charge is 2.19. The summed E-state index contributed by atoms with van der Waals surface area (Å²) in [6.07, 6.45) is 2.83. The predicted molar refractivity (Wildman–Crippen MR) is 58.7 cm³/mol. The molecule has 1 aromatic heterocycles. The highest BCUT2D eigenvalue weighted by molar-refractivity contribution is 5.90. The van der Waals surface area contributed by atoms with Gasteiger partial charge in [0.05, 0.1) is 12.6 Å². The summed E-state index contributed by atoms with van der Waals surface area (Å²) < 4.78 is 5.01. The minimum Gasteiger partial charge on any atom is -0.476 e. The van der Waals surface area contributed by atoms with Crippen LogP contribution in [0.5, 0.6) is 0 Å². The number of aromatic nitrogens is 2. The zero-order valence-electron chi connectivity index (χ0n) is 9.54. The number of carboxylic acid groups (broad SMARTS) is 1. The number of hydrogen-bond donors (Lipinski definition) is 1. The van der Waals surface area contributed by atoms with E-state index in [1.165, 1.54) is 12.4 Å². The van der Waals surface area contributed by atoms with E-state index in [-0.39, 0.29) is 11.7 Å². The number of methoxy groups -OCH3 is 1. The first kappa shape index (κ1) is 12.4. The molecule has 1 rings (SSSR count). The van der Waals surface area contributed by atoms with Crippen LogP contribution in [-0.2, 0) is 4.74 Å². The summed E-state index contributed by atoms with van der Waals surface area (Å²) in [6, 6.07) is 0.0276. The van der Waals surface area contributed by atoms with E-state index in [2.05, 4.69) is 9.97 Å². The molecule has 1 unspecified atom stereocenters. The topological polar surface area (TPSA) is 75.5 Å². The van der Waals surface area contributed by atoms with Crippen molar-refractivity contribution in [3.05, 3.63) is 18.1 Å². The maximum Gasteiger partial charge on any atom is 0.358 e. The first-order valence-electron chi connectivity index (χ1n) is 4.84. The van der Waals surface area contributed by atoms with E-state index in [0.717, 1.165) is 0 Å². The third kappa shape index (κ3) is 2.66. The van der Waals surface area contributed by atoms with Crippen LogP contribution in [0.1, 0.15) is 17.4 Å². The van der Waals surface area contributed by atoms with Gasteiger partial charge >= 0.3 is 5.97 Å². The Labute approximate surface area is 93.9 Å². The third-order valence-electron chi connectivity index (χ3n) is 2.28. The summed E-state index contributed by atoms with van der Waals surface area (Å²) in [6.45, 7) is 2.41. The monoisotopic (exact) mass is 225 g/mol. The Bertz CT molecular complexity index is 370. The number of nitrogens with zero attached hydrogens (tertiary/aromatic N) is 3. The van der Waals surface area contributed by atoms with Gasteiger partial charge in [-0.3, -0.25) is 0 Å². The lowest BCUT2D eigenvalue weighted by Crippen LogP contribution is -2.34. The summed E-state index contributed by atoms with van der Waals surface area (Å²) in [7, 11) is 3.36. The van der Waals surface area contributed by atoms with Crippen LogP contribution in [0.15, 0.2) is 12.4 Å². The van der Waals surface area contributed by atoms with E-state index >= 15 is 0 Å². The summed E-state index contributed by atoms with van der Waals surface area (Å²) in [5.74, 6) is -0.737. The molecule has 0 radical (unpaired) electrons. The Hall–Kier alpha value is -1.69. The number of hydrogen-bond acceptors (Lipinski definition) is 5. The minimum absolute atomic E-state index is 0.0276. The van der Waals surface area contributed by atoms with Crippen molar-refractivity contribution < 1.29 is 14.6 Å². The molecule has 1 aromatic rings. The Morgan fingerprint density at radius 3 is 2.75 bits per heavy atom. The normalized spacial score (nSPS) is 12.2. The van der Waals surface area contributed by atoms with Crippen molar-refractivity contribution in [2.45, 2.75) is 13.0 Å². The standard InChI is InChI=1S/C10H15N3O3/c1-7(6-16-3)13(2)9-8(10(14)15)11-4-5-12-9/h4-5,7H,6H2,1-3H3,(H,14,15). The van der Waals surface area contributed by atoms with Crippen molar-refractivity contribution in [1.82, 2.24) is 9.97 Å². The van der Waals surface area contributed by atoms with E-state index in [4.69, 9.17) is 9.84 Å². The number of ether oxygens (including phenoxy) is 1. The second-order valence-electron chi connectivity index (χ2n) is 3.45. The van der Waals surface area contributed by atoms with Crippen molar-refractivity contribution in [1.29, 1.82) is 0 Å². The second-order valence-corrected chi connectivity index (χ2v) is 3.45. The first-order valence-corrected chi connectivity index (χ1v) is 4.84. The lowest BCUT2D eigenvalue weighted by atomic mass is 10.3. The minimum atomic E-state index is -1.08. The maximum atomic E-state index is 10.9. The van der Waals surface area contributed by atoms with Gasteiger partial charge in [-0.25, -0.2) is 14.8 Å². The molecule has 0 aliphatic carbocycles. The van der Waals surface area contributed by atoms with Crippen LogP contribution in [0.4, 0.5) is 5.82 Å².